The van der Waals surface area contributed by atoms with Crippen molar-refractivity contribution in [3.63, 3.8) is 0 Å². The van der Waals surface area contributed by atoms with E-state index in [4.69, 9.17) is 4.74 Å². The molecule has 1 amide bonds. The van der Waals surface area contributed by atoms with Crippen LogP contribution in [0.1, 0.15) is 57.8 Å². The fraction of sp³-hybridized carbons (Fsp3) is 0.409. The molecule has 0 saturated heterocycles. The lowest BCUT2D eigenvalue weighted by molar-refractivity contribution is -0.129. The Hall–Kier alpha value is -2.18. The fourth-order valence-electron chi connectivity index (χ4n) is 2.68. The summed E-state index contributed by atoms with van der Waals surface area (Å²) in [5, 5.41) is 3.01. The molecule has 28 heavy (non-hydrogen) atoms. The van der Waals surface area contributed by atoms with Crippen molar-refractivity contribution in [2.45, 2.75) is 51.6 Å². The molecule has 6 heteroatoms. The van der Waals surface area contributed by atoms with Crippen LogP contribution in [0.2, 0.25) is 0 Å². The molecule has 152 valence electrons. The van der Waals surface area contributed by atoms with Crippen LogP contribution in [-0.2, 0) is 15.8 Å². The van der Waals surface area contributed by atoms with Crippen LogP contribution in [0.15, 0.2) is 53.4 Å². The summed E-state index contributed by atoms with van der Waals surface area (Å²) in [4.78, 5) is 13.0. The molecule has 0 fully saturated rings. The number of amides is 1. The lowest BCUT2D eigenvalue weighted by atomic mass is 9.94. The normalized spacial score (nSPS) is 14.8. The van der Waals surface area contributed by atoms with Gasteiger partial charge in [0, 0.05) is 11.5 Å². The zero-order valence-electron chi connectivity index (χ0n) is 17.4. The Morgan fingerprint density at radius 1 is 1.00 bits per heavy atom. The van der Waals surface area contributed by atoms with Crippen LogP contribution in [0, 0.1) is 5.41 Å². The molecule has 0 saturated carbocycles. The highest BCUT2D eigenvalue weighted by Crippen LogP contribution is 2.24. The van der Waals surface area contributed by atoms with Gasteiger partial charge >= 0.3 is 0 Å². The molecule has 0 aliphatic rings. The van der Waals surface area contributed by atoms with E-state index in [1.54, 1.807) is 7.11 Å². The van der Waals surface area contributed by atoms with Gasteiger partial charge in [0.2, 0.25) is 5.91 Å². The molecule has 2 N–H and O–H groups in total. The number of carbonyl (C=O) groups is 1. The second kappa shape index (κ2) is 9.34. The van der Waals surface area contributed by atoms with Gasteiger partial charge in [-0.25, -0.2) is 8.93 Å². The van der Waals surface area contributed by atoms with Crippen molar-refractivity contribution in [2.75, 3.05) is 7.11 Å². The number of methoxy groups -OCH3 is 1. The van der Waals surface area contributed by atoms with Crippen molar-refractivity contribution in [3.8, 4) is 5.75 Å². The number of hydrogen-bond donors (Lipinski definition) is 2. The Morgan fingerprint density at radius 3 is 2.18 bits per heavy atom. The Balaban J connectivity index is 2.16. The van der Waals surface area contributed by atoms with Crippen LogP contribution < -0.4 is 14.8 Å². The smallest absolute Gasteiger partial charge is 0.225 e. The summed E-state index contributed by atoms with van der Waals surface area (Å²) < 4.78 is 21.4. The van der Waals surface area contributed by atoms with E-state index in [0.717, 1.165) is 16.9 Å². The van der Waals surface area contributed by atoms with Gasteiger partial charge in [0.25, 0.3) is 0 Å². The molecule has 1 unspecified atom stereocenters. The second-order valence-electron chi connectivity index (χ2n) is 7.86. The van der Waals surface area contributed by atoms with Crippen LogP contribution in [0.3, 0.4) is 0 Å². The van der Waals surface area contributed by atoms with Gasteiger partial charge in [0.15, 0.2) is 0 Å². The Bertz CT molecular complexity index is 828. The van der Waals surface area contributed by atoms with Gasteiger partial charge in [0.05, 0.1) is 18.0 Å². The van der Waals surface area contributed by atoms with Gasteiger partial charge in [-0.15, -0.1) is 0 Å². The monoisotopic (exact) mass is 402 g/mol. The largest absolute Gasteiger partial charge is 0.497 e. The molecular formula is C22H30N2O3S. The molecule has 2 aromatic carbocycles. The Morgan fingerprint density at radius 2 is 1.61 bits per heavy atom. The maximum Gasteiger partial charge on any atom is 0.225 e. The highest BCUT2D eigenvalue weighted by molar-refractivity contribution is 7.83. The molecule has 5 nitrogen and oxygen atoms in total. The fourth-order valence-corrected chi connectivity index (χ4v) is 3.93. The first-order valence-electron chi connectivity index (χ1n) is 9.35. The van der Waals surface area contributed by atoms with Gasteiger partial charge in [-0.05, 0) is 43.2 Å². The molecular weight excluding hydrogens is 372 g/mol. The van der Waals surface area contributed by atoms with Crippen molar-refractivity contribution >= 4 is 16.9 Å². The van der Waals surface area contributed by atoms with E-state index >= 15 is 0 Å². The Kier molecular flexibility index (Phi) is 7.38. The molecule has 0 aliphatic heterocycles. The summed E-state index contributed by atoms with van der Waals surface area (Å²) >= 11 is 0. The number of hydrogen-bond acceptors (Lipinski definition) is 3. The van der Waals surface area contributed by atoms with Crippen molar-refractivity contribution < 1.29 is 13.7 Å². The zero-order valence-corrected chi connectivity index (χ0v) is 18.2. The number of ether oxygens (including phenoxy) is 1. The third-order valence-corrected chi connectivity index (χ3v) is 5.85. The predicted molar refractivity (Wildman–Crippen MR) is 113 cm³/mol. The maximum atomic E-state index is 13.0. The van der Waals surface area contributed by atoms with Gasteiger partial charge in [-0.2, -0.15) is 0 Å². The highest BCUT2D eigenvalue weighted by Gasteiger charge is 2.25. The molecule has 0 heterocycles. The summed E-state index contributed by atoms with van der Waals surface area (Å²) in [5.41, 5.74) is 1.37. The standard InChI is InChI=1S/C22H30N2O3S/c1-15(17-11-13-18(27-6)14-12-17)24-28(26)20-10-8-7-9-19(20)16(2)23-21(25)22(3,4)5/h7-16,24H,1-6H3,(H,23,25)/t15-,16-,28?/m1/s1. The van der Waals surface area contributed by atoms with E-state index in [9.17, 15) is 9.00 Å². The number of carbonyl (C=O) groups excluding carboxylic acids is 1. The summed E-state index contributed by atoms with van der Waals surface area (Å²) in [6, 6.07) is 14.8. The quantitative estimate of drug-likeness (QED) is 0.726. The third kappa shape index (κ3) is 5.66. The first kappa shape index (κ1) is 22.1. The van der Waals surface area contributed by atoms with Gasteiger partial charge in [-0.1, -0.05) is 51.1 Å². The van der Waals surface area contributed by atoms with Gasteiger partial charge < -0.3 is 10.1 Å². The minimum Gasteiger partial charge on any atom is -0.497 e. The molecule has 0 bridgehead atoms. The van der Waals surface area contributed by atoms with E-state index in [1.165, 1.54) is 0 Å². The molecule has 2 aromatic rings. The lowest BCUT2D eigenvalue weighted by Crippen LogP contribution is -2.37. The van der Waals surface area contributed by atoms with E-state index in [-0.39, 0.29) is 18.0 Å². The average Bonchev–Trinajstić information content (AvgIpc) is 2.67. The van der Waals surface area contributed by atoms with Crippen LogP contribution in [0.5, 0.6) is 5.75 Å². The van der Waals surface area contributed by atoms with Crippen molar-refractivity contribution in [1.29, 1.82) is 0 Å². The molecule has 3 atom stereocenters. The SMILES string of the molecule is COc1ccc([C@@H](C)NS(=O)c2ccccc2[C@@H](C)NC(=O)C(C)(C)C)cc1. The lowest BCUT2D eigenvalue weighted by Gasteiger charge is -2.24. The third-order valence-electron chi connectivity index (χ3n) is 4.51. The summed E-state index contributed by atoms with van der Waals surface area (Å²) in [6.07, 6.45) is 0. The summed E-state index contributed by atoms with van der Waals surface area (Å²) in [6.45, 7) is 9.49. The van der Waals surface area contributed by atoms with E-state index in [1.807, 2.05) is 83.1 Å². The van der Waals surface area contributed by atoms with Crippen LogP contribution in [0.4, 0.5) is 0 Å². The summed E-state index contributed by atoms with van der Waals surface area (Å²) in [5.74, 6) is 0.742. The van der Waals surface area contributed by atoms with Crippen LogP contribution in [-0.4, -0.2) is 17.2 Å². The topological polar surface area (TPSA) is 67.4 Å². The second-order valence-corrected chi connectivity index (χ2v) is 9.08. The number of nitrogens with one attached hydrogen (secondary N) is 2. The highest BCUT2D eigenvalue weighted by atomic mass is 32.2. The van der Waals surface area contributed by atoms with E-state index in [0.29, 0.717) is 4.90 Å². The minimum absolute atomic E-state index is 0.0415. The molecule has 0 spiro atoms. The first-order chi connectivity index (χ1) is 13.1. The van der Waals surface area contributed by atoms with Crippen molar-refractivity contribution in [2.24, 2.45) is 5.41 Å². The molecule has 0 aliphatic carbocycles. The molecule has 0 radical (unpaired) electrons. The molecule has 2 rings (SSSR count). The predicted octanol–water partition coefficient (Wildman–Crippen LogP) is 4.29. The van der Waals surface area contributed by atoms with Crippen LogP contribution >= 0.6 is 0 Å². The number of rotatable bonds is 7. The van der Waals surface area contributed by atoms with Crippen molar-refractivity contribution in [1.82, 2.24) is 10.0 Å². The minimum atomic E-state index is -1.42. The first-order valence-corrected chi connectivity index (χ1v) is 10.5. The summed E-state index contributed by atoms with van der Waals surface area (Å²) in [7, 11) is 0.205. The number of benzene rings is 2. The zero-order chi connectivity index (χ0) is 20.9. The molecule has 0 aromatic heterocycles. The van der Waals surface area contributed by atoms with Gasteiger partial charge in [0.1, 0.15) is 16.7 Å². The average molecular weight is 403 g/mol. The van der Waals surface area contributed by atoms with Gasteiger partial charge in [-0.3, -0.25) is 4.79 Å². The maximum absolute atomic E-state index is 13.0. The van der Waals surface area contributed by atoms with Crippen molar-refractivity contribution in [3.05, 3.63) is 59.7 Å². The Labute approximate surface area is 170 Å². The van der Waals surface area contributed by atoms with E-state index < -0.39 is 16.4 Å². The van der Waals surface area contributed by atoms with Crippen LogP contribution in [0.25, 0.3) is 0 Å². The van der Waals surface area contributed by atoms with E-state index in [2.05, 4.69) is 10.0 Å².